The van der Waals surface area contributed by atoms with Gasteiger partial charge in [-0.2, -0.15) is 0 Å². The Morgan fingerprint density at radius 2 is 2.06 bits per heavy atom. The summed E-state index contributed by atoms with van der Waals surface area (Å²) in [6.07, 6.45) is 4.33. The van der Waals surface area contributed by atoms with Gasteiger partial charge in [0.1, 0.15) is 4.83 Å². The fraction of sp³-hybridized carbons (Fsp3) is 0.458. The van der Waals surface area contributed by atoms with Crippen LogP contribution in [-0.2, 0) is 24.2 Å². The van der Waals surface area contributed by atoms with E-state index in [-0.39, 0.29) is 17.2 Å². The van der Waals surface area contributed by atoms with Crippen LogP contribution in [0.15, 0.2) is 28.2 Å². The number of hydrogen-bond donors (Lipinski definition) is 1. The minimum atomic E-state index is -0.0799. The predicted molar refractivity (Wildman–Crippen MR) is 131 cm³/mol. The van der Waals surface area contributed by atoms with E-state index in [0.717, 1.165) is 46.3 Å². The lowest BCUT2D eigenvalue weighted by Crippen LogP contribution is -2.24. The van der Waals surface area contributed by atoms with Gasteiger partial charge in [0.05, 0.1) is 11.1 Å². The fourth-order valence-corrected chi connectivity index (χ4v) is 6.42. The number of nitrogens with one attached hydrogen (secondary N) is 1. The van der Waals surface area contributed by atoms with Crippen molar-refractivity contribution in [2.24, 2.45) is 0 Å². The van der Waals surface area contributed by atoms with Crippen LogP contribution >= 0.6 is 23.1 Å². The van der Waals surface area contributed by atoms with Gasteiger partial charge in [-0.25, -0.2) is 4.98 Å². The van der Waals surface area contributed by atoms with Crippen LogP contribution in [0, 0.1) is 6.92 Å². The van der Waals surface area contributed by atoms with Crippen molar-refractivity contribution in [3.8, 4) is 0 Å². The Morgan fingerprint density at radius 3 is 2.81 bits per heavy atom. The number of para-hydroxylation sites is 1. The van der Waals surface area contributed by atoms with Crippen molar-refractivity contribution in [3.63, 3.8) is 0 Å². The van der Waals surface area contributed by atoms with Crippen molar-refractivity contribution < 1.29 is 4.79 Å². The molecule has 1 amide bonds. The van der Waals surface area contributed by atoms with Crippen molar-refractivity contribution in [1.82, 2.24) is 9.55 Å². The van der Waals surface area contributed by atoms with Crippen LogP contribution in [0.3, 0.4) is 0 Å². The molecule has 31 heavy (non-hydrogen) atoms. The summed E-state index contributed by atoms with van der Waals surface area (Å²) in [5.41, 5.74) is 4.33. The molecule has 0 bridgehead atoms. The number of amides is 1. The Labute approximate surface area is 191 Å². The van der Waals surface area contributed by atoms with E-state index in [1.165, 1.54) is 28.6 Å². The standard InChI is InChI=1S/C24H29N3O2S2/c1-5-27-23(29)20-17-10-6-7-12-18(17)31-22(20)26-24(27)30-13-19(28)25-21-15(4)9-8-11-16(21)14(2)3/h8-9,11,14H,5-7,10,12-13H2,1-4H3,(H,25,28). The first kappa shape index (κ1) is 22.1. The lowest BCUT2D eigenvalue weighted by Gasteiger charge is -2.16. The SMILES string of the molecule is CCn1c(SCC(=O)Nc2c(C)cccc2C(C)C)nc2sc3c(c2c1=O)CCCC3. The summed E-state index contributed by atoms with van der Waals surface area (Å²) in [4.78, 5) is 33.0. The van der Waals surface area contributed by atoms with Crippen LogP contribution in [0.1, 0.15) is 61.1 Å². The van der Waals surface area contributed by atoms with Crippen molar-refractivity contribution in [2.45, 2.75) is 71.0 Å². The zero-order valence-electron chi connectivity index (χ0n) is 18.6. The minimum absolute atomic E-state index is 0.0378. The summed E-state index contributed by atoms with van der Waals surface area (Å²) in [5, 5.41) is 4.52. The Kier molecular flexibility index (Phi) is 6.53. The first-order valence-corrected chi connectivity index (χ1v) is 12.8. The summed E-state index contributed by atoms with van der Waals surface area (Å²) < 4.78 is 1.72. The van der Waals surface area contributed by atoms with Crippen LogP contribution in [0.2, 0.25) is 0 Å². The van der Waals surface area contributed by atoms with E-state index in [1.807, 2.05) is 26.0 Å². The minimum Gasteiger partial charge on any atom is -0.325 e. The highest BCUT2D eigenvalue weighted by Gasteiger charge is 2.22. The van der Waals surface area contributed by atoms with Crippen molar-refractivity contribution >= 4 is 44.9 Å². The third-order valence-corrected chi connectivity index (χ3v) is 8.04. The molecular weight excluding hydrogens is 426 g/mol. The maximum Gasteiger partial charge on any atom is 0.263 e. The average Bonchev–Trinajstić information content (AvgIpc) is 3.12. The Hall–Kier alpha value is -2.12. The summed E-state index contributed by atoms with van der Waals surface area (Å²) in [5.74, 6) is 0.459. The molecule has 0 saturated carbocycles. The van der Waals surface area contributed by atoms with Gasteiger partial charge in [-0.05, 0) is 62.1 Å². The molecule has 2 aromatic heterocycles. The summed E-state index contributed by atoms with van der Waals surface area (Å²) >= 11 is 2.99. The van der Waals surface area contributed by atoms with E-state index in [9.17, 15) is 9.59 Å². The molecule has 0 saturated heterocycles. The van der Waals surface area contributed by atoms with Crippen molar-refractivity contribution in [1.29, 1.82) is 0 Å². The number of thioether (sulfide) groups is 1. The summed E-state index contributed by atoms with van der Waals surface area (Å²) in [6.45, 7) is 8.76. The molecule has 0 unspecified atom stereocenters. The van der Waals surface area contributed by atoms with Gasteiger partial charge in [-0.15, -0.1) is 11.3 Å². The molecule has 1 aliphatic rings. The number of aryl methyl sites for hydroxylation is 3. The highest BCUT2D eigenvalue weighted by molar-refractivity contribution is 7.99. The zero-order chi connectivity index (χ0) is 22.1. The van der Waals surface area contributed by atoms with E-state index < -0.39 is 0 Å². The lowest BCUT2D eigenvalue weighted by molar-refractivity contribution is -0.113. The first-order chi connectivity index (χ1) is 14.9. The third kappa shape index (κ3) is 4.30. The Bertz CT molecular complexity index is 1190. The van der Waals surface area contributed by atoms with Crippen LogP contribution in [0.5, 0.6) is 0 Å². The van der Waals surface area contributed by atoms with E-state index >= 15 is 0 Å². The fourth-order valence-electron chi connectivity index (χ4n) is 4.26. The highest BCUT2D eigenvalue weighted by atomic mass is 32.2. The van der Waals surface area contributed by atoms with Crippen molar-refractivity contribution in [3.05, 3.63) is 50.1 Å². The molecule has 1 N–H and O–H groups in total. The summed E-state index contributed by atoms with van der Waals surface area (Å²) in [6, 6.07) is 6.09. The smallest absolute Gasteiger partial charge is 0.263 e. The summed E-state index contributed by atoms with van der Waals surface area (Å²) in [7, 11) is 0. The van der Waals surface area contributed by atoms with E-state index in [1.54, 1.807) is 15.9 Å². The maximum absolute atomic E-state index is 13.2. The molecule has 0 aliphatic heterocycles. The number of carbonyl (C=O) groups is 1. The van der Waals surface area contributed by atoms with E-state index in [0.29, 0.717) is 17.6 Å². The van der Waals surface area contributed by atoms with E-state index in [4.69, 9.17) is 4.98 Å². The number of thiophene rings is 1. The van der Waals surface area contributed by atoms with Gasteiger partial charge in [0, 0.05) is 17.1 Å². The number of carbonyl (C=O) groups excluding carboxylic acids is 1. The molecule has 1 aromatic carbocycles. The van der Waals surface area contributed by atoms with Gasteiger partial charge in [-0.3, -0.25) is 14.2 Å². The van der Waals surface area contributed by atoms with Crippen LogP contribution in [0.4, 0.5) is 5.69 Å². The predicted octanol–water partition coefficient (Wildman–Crippen LogP) is 5.52. The third-order valence-electron chi connectivity index (χ3n) is 5.88. The molecule has 1 aliphatic carbocycles. The molecule has 2 heterocycles. The number of rotatable bonds is 6. The van der Waals surface area contributed by atoms with Gasteiger partial charge < -0.3 is 5.32 Å². The first-order valence-electron chi connectivity index (χ1n) is 11.0. The molecular formula is C24H29N3O2S2. The van der Waals surface area contributed by atoms with Crippen LogP contribution in [0.25, 0.3) is 10.2 Å². The zero-order valence-corrected chi connectivity index (χ0v) is 20.2. The number of aromatic nitrogens is 2. The van der Waals surface area contributed by atoms with Gasteiger partial charge in [0.25, 0.3) is 5.56 Å². The highest BCUT2D eigenvalue weighted by Crippen LogP contribution is 2.35. The molecule has 4 rings (SSSR count). The van der Waals surface area contributed by atoms with Gasteiger partial charge in [-0.1, -0.05) is 43.8 Å². The quantitative estimate of drug-likeness (QED) is 0.393. The molecule has 0 spiro atoms. The molecule has 164 valence electrons. The van der Waals surface area contributed by atoms with Crippen LogP contribution in [-0.4, -0.2) is 21.2 Å². The molecule has 0 radical (unpaired) electrons. The number of fused-ring (bicyclic) bond motifs is 3. The lowest BCUT2D eigenvalue weighted by atomic mass is 9.97. The Balaban J connectivity index is 1.58. The van der Waals surface area contributed by atoms with Crippen molar-refractivity contribution in [2.75, 3.05) is 11.1 Å². The topological polar surface area (TPSA) is 64.0 Å². The molecule has 7 heteroatoms. The number of hydrogen-bond acceptors (Lipinski definition) is 5. The number of anilines is 1. The second-order valence-corrected chi connectivity index (χ2v) is 10.4. The van der Waals surface area contributed by atoms with E-state index in [2.05, 4.69) is 25.2 Å². The monoisotopic (exact) mass is 455 g/mol. The van der Waals surface area contributed by atoms with Crippen LogP contribution < -0.4 is 10.9 Å². The molecule has 5 nitrogen and oxygen atoms in total. The molecule has 0 atom stereocenters. The van der Waals surface area contributed by atoms with Gasteiger partial charge in [0.2, 0.25) is 5.91 Å². The average molecular weight is 456 g/mol. The largest absolute Gasteiger partial charge is 0.325 e. The number of benzene rings is 1. The number of nitrogens with zero attached hydrogens (tertiary/aromatic N) is 2. The normalized spacial score (nSPS) is 13.6. The van der Waals surface area contributed by atoms with Gasteiger partial charge in [0.15, 0.2) is 5.16 Å². The maximum atomic E-state index is 13.2. The van der Waals surface area contributed by atoms with Gasteiger partial charge >= 0.3 is 0 Å². The second-order valence-electron chi connectivity index (χ2n) is 8.37. The molecule has 0 fully saturated rings. The Morgan fingerprint density at radius 1 is 1.29 bits per heavy atom. The second kappa shape index (κ2) is 9.17. The molecule has 3 aromatic rings.